The summed E-state index contributed by atoms with van der Waals surface area (Å²) in [6.07, 6.45) is 4.78. The van der Waals surface area contributed by atoms with E-state index in [4.69, 9.17) is 10.8 Å². The number of rotatable bonds is 4. The average Bonchev–Trinajstić information content (AvgIpc) is 2.38. The number of carbonyl (C=O) groups is 1. The quantitative estimate of drug-likeness (QED) is 0.750. The summed E-state index contributed by atoms with van der Waals surface area (Å²) in [6.45, 7) is 0.503. The molecule has 4 N–H and O–H groups in total. The number of anilines is 2. The van der Waals surface area contributed by atoms with Gasteiger partial charge in [-0.1, -0.05) is 0 Å². The molecule has 0 saturated carbocycles. The van der Waals surface area contributed by atoms with Crippen molar-refractivity contribution in [2.75, 3.05) is 11.1 Å². The number of carboxylic acids is 1. The van der Waals surface area contributed by atoms with E-state index in [1.807, 2.05) is 12.1 Å². The van der Waals surface area contributed by atoms with Gasteiger partial charge < -0.3 is 16.2 Å². The zero-order chi connectivity index (χ0) is 13.0. The summed E-state index contributed by atoms with van der Waals surface area (Å²) >= 11 is 0. The lowest BCUT2D eigenvalue weighted by atomic mass is 10.2. The Balaban J connectivity index is 2.15. The molecule has 0 aliphatic rings. The predicted octanol–water partition coefficient (Wildman–Crippen LogP) is 1.37. The van der Waals surface area contributed by atoms with Crippen LogP contribution in [0, 0.1) is 0 Å². The van der Waals surface area contributed by atoms with Crippen molar-refractivity contribution in [2.45, 2.75) is 6.54 Å². The molecule has 0 atom stereocenters. The van der Waals surface area contributed by atoms with Crippen molar-refractivity contribution in [3.05, 3.63) is 47.9 Å². The summed E-state index contributed by atoms with van der Waals surface area (Å²) in [5, 5.41) is 11.9. The number of nitrogens with zero attached hydrogens (tertiary/aromatic N) is 2. The molecule has 0 aliphatic heterocycles. The number of nitrogen functional groups attached to an aromatic ring is 1. The molecular formula is C12H12N4O2. The first-order valence-electron chi connectivity index (χ1n) is 5.29. The van der Waals surface area contributed by atoms with E-state index in [0.29, 0.717) is 12.4 Å². The van der Waals surface area contributed by atoms with E-state index in [1.54, 1.807) is 12.4 Å². The Morgan fingerprint density at radius 1 is 1.28 bits per heavy atom. The smallest absolute Gasteiger partial charge is 0.337 e. The Morgan fingerprint density at radius 2 is 2.00 bits per heavy atom. The maximum absolute atomic E-state index is 10.9. The van der Waals surface area contributed by atoms with Gasteiger partial charge >= 0.3 is 5.97 Å². The Bertz CT molecular complexity index is 557. The maximum atomic E-state index is 10.9. The van der Waals surface area contributed by atoms with Gasteiger partial charge in [0.2, 0.25) is 0 Å². The van der Waals surface area contributed by atoms with Crippen LogP contribution in [0.15, 0.2) is 36.8 Å². The summed E-state index contributed by atoms with van der Waals surface area (Å²) in [5.41, 5.74) is 6.92. The third-order valence-electron chi connectivity index (χ3n) is 2.43. The number of nitrogens with one attached hydrogen (secondary N) is 1. The second-order valence-electron chi connectivity index (χ2n) is 3.63. The Kier molecular flexibility index (Phi) is 3.38. The number of nitrogens with two attached hydrogens (primary N) is 1. The average molecular weight is 244 g/mol. The first-order valence-corrected chi connectivity index (χ1v) is 5.29. The first kappa shape index (κ1) is 11.8. The molecule has 0 fully saturated rings. The number of hydrogen-bond donors (Lipinski definition) is 3. The molecule has 2 rings (SSSR count). The van der Waals surface area contributed by atoms with Gasteiger partial charge in [-0.15, -0.1) is 0 Å². The minimum atomic E-state index is -1.07. The number of aromatic carboxylic acids is 1. The topological polar surface area (TPSA) is 101 Å². The summed E-state index contributed by atoms with van der Waals surface area (Å²) < 4.78 is 0. The van der Waals surface area contributed by atoms with Gasteiger partial charge in [-0.3, -0.25) is 4.98 Å². The van der Waals surface area contributed by atoms with Crippen molar-refractivity contribution in [3.63, 3.8) is 0 Å². The summed E-state index contributed by atoms with van der Waals surface area (Å²) in [6, 6.07) is 5.07. The molecule has 6 heteroatoms. The van der Waals surface area contributed by atoms with Crippen molar-refractivity contribution in [1.29, 1.82) is 0 Å². The van der Waals surface area contributed by atoms with Crippen LogP contribution in [-0.2, 0) is 6.54 Å². The second-order valence-corrected chi connectivity index (χ2v) is 3.63. The van der Waals surface area contributed by atoms with Crippen LogP contribution in [0.5, 0.6) is 0 Å². The van der Waals surface area contributed by atoms with Crippen molar-refractivity contribution < 1.29 is 9.90 Å². The zero-order valence-corrected chi connectivity index (χ0v) is 9.50. The van der Waals surface area contributed by atoms with Gasteiger partial charge in [0.1, 0.15) is 5.82 Å². The summed E-state index contributed by atoms with van der Waals surface area (Å²) in [5.74, 6) is -0.700. The fraction of sp³-hybridized carbons (Fsp3) is 0.0833. The molecule has 0 aliphatic carbocycles. The van der Waals surface area contributed by atoms with Crippen LogP contribution in [0.2, 0.25) is 0 Å². The number of carboxylic acid groups (broad SMARTS) is 1. The lowest BCUT2D eigenvalue weighted by Crippen LogP contribution is -2.09. The Labute approximate surface area is 104 Å². The van der Waals surface area contributed by atoms with Crippen LogP contribution in [0.25, 0.3) is 0 Å². The summed E-state index contributed by atoms with van der Waals surface area (Å²) in [4.78, 5) is 18.8. The second kappa shape index (κ2) is 5.13. The summed E-state index contributed by atoms with van der Waals surface area (Å²) in [7, 11) is 0. The molecule has 0 bridgehead atoms. The molecule has 2 aromatic rings. The van der Waals surface area contributed by atoms with Crippen LogP contribution >= 0.6 is 0 Å². The van der Waals surface area contributed by atoms with E-state index >= 15 is 0 Å². The van der Waals surface area contributed by atoms with Gasteiger partial charge in [-0.05, 0) is 23.8 Å². The van der Waals surface area contributed by atoms with Gasteiger partial charge in [0.05, 0.1) is 11.3 Å². The van der Waals surface area contributed by atoms with Gasteiger partial charge in [0.15, 0.2) is 0 Å². The van der Waals surface area contributed by atoms with E-state index in [0.717, 1.165) is 5.56 Å². The monoisotopic (exact) mass is 244 g/mol. The van der Waals surface area contributed by atoms with Gasteiger partial charge in [-0.2, -0.15) is 0 Å². The van der Waals surface area contributed by atoms with Crippen molar-refractivity contribution >= 4 is 17.5 Å². The lowest BCUT2D eigenvalue weighted by Gasteiger charge is -2.09. The molecule has 0 unspecified atom stereocenters. The van der Waals surface area contributed by atoms with Crippen LogP contribution in [0.3, 0.4) is 0 Å². The molecule has 2 heterocycles. The molecule has 18 heavy (non-hydrogen) atoms. The molecule has 0 saturated heterocycles. The predicted molar refractivity (Wildman–Crippen MR) is 67.2 cm³/mol. The van der Waals surface area contributed by atoms with Crippen LogP contribution in [0.4, 0.5) is 11.5 Å². The minimum absolute atomic E-state index is 0.0437. The van der Waals surface area contributed by atoms with Gasteiger partial charge in [-0.25, -0.2) is 9.78 Å². The maximum Gasteiger partial charge on any atom is 0.337 e. The van der Waals surface area contributed by atoms with E-state index < -0.39 is 5.97 Å². The van der Waals surface area contributed by atoms with E-state index in [2.05, 4.69) is 15.3 Å². The van der Waals surface area contributed by atoms with Crippen LogP contribution in [-0.4, -0.2) is 21.0 Å². The van der Waals surface area contributed by atoms with E-state index in [-0.39, 0.29) is 11.3 Å². The molecule has 0 radical (unpaired) electrons. The zero-order valence-electron chi connectivity index (χ0n) is 9.50. The molecule has 2 aromatic heterocycles. The molecule has 0 spiro atoms. The molecule has 92 valence electrons. The highest BCUT2D eigenvalue weighted by Crippen LogP contribution is 2.20. The molecule has 6 nitrogen and oxygen atoms in total. The third kappa shape index (κ3) is 2.54. The molecular weight excluding hydrogens is 232 g/mol. The van der Waals surface area contributed by atoms with Gasteiger partial charge in [0, 0.05) is 25.1 Å². The number of hydrogen-bond acceptors (Lipinski definition) is 5. The van der Waals surface area contributed by atoms with Crippen molar-refractivity contribution in [2.24, 2.45) is 0 Å². The van der Waals surface area contributed by atoms with Crippen LogP contribution in [0.1, 0.15) is 15.9 Å². The van der Waals surface area contributed by atoms with Crippen molar-refractivity contribution in [3.8, 4) is 0 Å². The highest BCUT2D eigenvalue weighted by Gasteiger charge is 2.11. The fourth-order valence-corrected chi connectivity index (χ4v) is 1.49. The van der Waals surface area contributed by atoms with Gasteiger partial charge in [0.25, 0.3) is 0 Å². The standard InChI is InChI=1S/C12H12N4O2/c13-10-9(12(17)18)3-6-15-11(10)16-7-8-1-4-14-5-2-8/h1-6H,7,13H2,(H,15,16)(H,17,18). The first-order chi connectivity index (χ1) is 8.68. The van der Waals surface area contributed by atoms with Crippen LogP contribution < -0.4 is 11.1 Å². The van der Waals surface area contributed by atoms with E-state index in [9.17, 15) is 4.79 Å². The molecule has 0 aromatic carbocycles. The Hall–Kier alpha value is -2.63. The number of aromatic nitrogens is 2. The fourth-order valence-electron chi connectivity index (χ4n) is 1.49. The number of pyridine rings is 2. The third-order valence-corrected chi connectivity index (χ3v) is 2.43. The minimum Gasteiger partial charge on any atom is -0.478 e. The normalized spacial score (nSPS) is 10.0. The highest BCUT2D eigenvalue weighted by molar-refractivity contribution is 5.96. The highest BCUT2D eigenvalue weighted by atomic mass is 16.4. The molecule has 0 amide bonds. The Morgan fingerprint density at radius 3 is 2.67 bits per heavy atom. The largest absolute Gasteiger partial charge is 0.478 e. The lowest BCUT2D eigenvalue weighted by molar-refractivity contribution is 0.0698. The SMILES string of the molecule is Nc1c(C(=O)O)ccnc1NCc1ccncc1. The van der Waals surface area contributed by atoms with Crippen molar-refractivity contribution in [1.82, 2.24) is 9.97 Å². The van der Waals surface area contributed by atoms with E-state index in [1.165, 1.54) is 12.3 Å².